The molecule has 0 saturated heterocycles. The lowest BCUT2D eigenvalue weighted by molar-refractivity contribution is 0.410. The molecular weight excluding hydrogens is 222 g/mol. The van der Waals surface area contributed by atoms with Crippen LogP contribution >= 0.6 is 0 Å². The molecule has 0 aliphatic rings. The van der Waals surface area contributed by atoms with Gasteiger partial charge >= 0.3 is 0 Å². The van der Waals surface area contributed by atoms with Gasteiger partial charge < -0.3 is 10.5 Å². The predicted molar refractivity (Wildman–Crippen MR) is 78.4 cm³/mol. The van der Waals surface area contributed by atoms with Crippen molar-refractivity contribution in [3.63, 3.8) is 0 Å². The van der Waals surface area contributed by atoms with Crippen molar-refractivity contribution in [1.82, 2.24) is 0 Å². The molecule has 0 spiro atoms. The van der Waals surface area contributed by atoms with Gasteiger partial charge in [0.05, 0.1) is 7.11 Å². The zero-order valence-corrected chi connectivity index (χ0v) is 12.3. The van der Waals surface area contributed by atoms with E-state index in [4.69, 9.17) is 10.5 Å². The Bertz CT molecular complexity index is 374. The first-order chi connectivity index (χ1) is 8.65. The molecule has 1 aromatic carbocycles. The molecule has 0 fully saturated rings. The molecule has 0 amide bonds. The van der Waals surface area contributed by atoms with E-state index in [1.807, 2.05) is 0 Å². The van der Waals surface area contributed by atoms with Crippen LogP contribution in [0.1, 0.15) is 55.2 Å². The van der Waals surface area contributed by atoms with Crippen molar-refractivity contribution >= 4 is 0 Å². The van der Waals surface area contributed by atoms with Crippen molar-refractivity contribution in [3.05, 3.63) is 28.8 Å². The van der Waals surface area contributed by atoms with E-state index in [1.165, 1.54) is 36.0 Å². The summed E-state index contributed by atoms with van der Waals surface area (Å²) in [7, 11) is 1.74. The fourth-order valence-corrected chi connectivity index (χ4v) is 2.65. The van der Waals surface area contributed by atoms with Crippen LogP contribution in [0, 0.1) is 13.8 Å². The number of hydrogen-bond acceptors (Lipinski definition) is 2. The molecule has 0 aliphatic heterocycles. The van der Waals surface area contributed by atoms with Crippen molar-refractivity contribution in [1.29, 1.82) is 0 Å². The lowest BCUT2D eigenvalue weighted by Crippen LogP contribution is -2.07. The lowest BCUT2D eigenvalue weighted by atomic mass is 9.86. The van der Waals surface area contributed by atoms with Gasteiger partial charge in [0.2, 0.25) is 0 Å². The molecule has 18 heavy (non-hydrogen) atoms. The predicted octanol–water partition coefficient (Wildman–Crippen LogP) is 3.93. The van der Waals surface area contributed by atoms with E-state index < -0.39 is 0 Å². The average Bonchev–Trinajstić information content (AvgIpc) is 2.38. The van der Waals surface area contributed by atoms with Crippen molar-refractivity contribution in [3.8, 4) is 5.75 Å². The van der Waals surface area contributed by atoms with Crippen LogP contribution in [0.3, 0.4) is 0 Å². The van der Waals surface area contributed by atoms with Crippen LogP contribution in [0.25, 0.3) is 0 Å². The number of ether oxygens (including phenoxy) is 1. The molecule has 0 saturated carbocycles. The van der Waals surface area contributed by atoms with Crippen molar-refractivity contribution in [2.24, 2.45) is 5.73 Å². The molecule has 0 heterocycles. The highest BCUT2D eigenvalue weighted by Gasteiger charge is 2.15. The summed E-state index contributed by atoms with van der Waals surface area (Å²) >= 11 is 0. The standard InChI is InChI=1S/C16H27NO/c1-5-7-14(8-6-11-17)15-9-10-16(18-4)13(3)12(15)2/h9-10,14H,5-8,11,17H2,1-4H3. The maximum Gasteiger partial charge on any atom is 0.122 e. The molecular formula is C16H27NO. The van der Waals surface area contributed by atoms with Crippen LogP contribution in [0.15, 0.2) is 12.1 Å². The Morgan fingerprint density at radius 1 is 1.17 bits per heavy atom. The summed E-state index contributed by atoms with van der Waals surface area (Å²) in [5.41, 5.74) is 9.77. The quantitative estimate of drug-likeness (QED) is 0.794. The van der Waals surface area contributed by atoms with Crippen LogP contribution in [0.4, 0.5) is 0 Å². The van der Waals surface area contributed by atoms with Crippen molar-refractivity contribution in [2.45, 2.75) is 52.4 Å². The molecule has 1 aromatic rings. The Kier molecular flexibility index (Phi) is 6.20. The van der Waals surface area contributed by atoms with Gasteiger partial charge in [-0.2, -0.15) is 0 Å². The van der Waals surface area contributed by atoms with Gasteiger partial charge in [0.1, 0.15) is 5.75 Å². The highest BCUT2D eigenvalue weighted by molar-refractivity contribution is 5.44. The van der Waals surface area contributed by atoms with Gasteiger partial charge in [0, 0.05) is 0 Å². The van der Waals surface area contributed by atoms with Crippen molar-refractivity contribution < 1.29 is 4.74 Å². The van der Waals surface area contributed by atoms with E-state index in [0.717, 1.165) is 18.7 Å². The minimum atomic E-state index is 0.642. The second-order valence-corrected chi connectivity index (χ2v) is 5.02. The molecule has 1 unspecified atom stereocenters. The molecule has 0 aliphatic carbocycles. The molecule has 102 valence electrons. The Hall–Kier alpha value is -1.02. The van der Waals surface area contributed by atoms with Crippen LogP contribution < -0.4 is 10.5 Å². The van der Waals surface area contributed by atoms with Gasteiger partial charge in [-0.1, -0.05) is 19.4 Å². The van der Waals surface area contributed by atoms with Gasteiger partial charge in [-0.05, 0) is 68.3 Å². The highest BCUT2D eigenvalue weighted by Crippen LogP contribution is 2.33. The van der Waals surface area contributed by atoms with Gasteiger partial charge in [-0.25, -0.2) is 0 Å². The lowest BCUT2D eigenvalue weighted by Gasteiger charge is -2.21. The van der Waals surface area contributed by atoms with E-state index in [1.54, 1.807) is 7.11 Å². The first kappa shape index (κ1) is 15.0. The Morgan fingerprint density at radius 2 is 1.89 bits per heavy atom. The summed E-state index contributed by atoms with van der Waals surface area (Å²) in [5.74, 6) is 1.63. The van der Waals surface area contributed by atoms with Gasteiger partial charge in [0.15, 0.2) is 0 Å². The maximum absolute atomic E-state index is 5.64. The number of hydrogen-bond donors (Lipinski definition) is 1. The van der Waals surface area contributed by atoms with Crippen LogP contribution in [0.2, 0.25) is 0 Å². The van der Waals surface area contributed by atoms with Crippen LogP contribution in [0.5, 0.6) is 5.75 Å². The summed E-state index contributed by atoms with van der Waals surface area (Å²) in [5, 5.41) is 0. The SMILES string of the molecule is CCCC(CCCN)c1ccc(OC)c(C)c1C. The minimum Gasteiger partial charge on any atom is -0.496 e. The molecule has 0 bridgehead atoms. The van der Waals surface area contributed by atoms with Gasteiger partial charge in [0.25, 0.3) is 0 Å². The van der Waals surface area contributed by atoms with Crippen LogP contribution in [-0.2, 0) is 0 Å². The first-order valence-electron chi connectivity index (χ1n) is 6.99. The molecule has 1 atom stereocenters. The first-order valence-corrected chi connectivity index (χ1v) is 6.99. The monoisotopic (exact) mass is 249 g/mol. The number of nitrogens with two attached hydrogens (primary N) is 1. The topological polar surface area (TPSA) is 35.2 Å². The molecule has 2 heteroatoms. The largest absolute Gasteiger partial charge is 0.496 e. The second-order valence-electron chi connectivity index (χ2n) is 5.02. The zero-order chi connectivity index (χ0) is 13.5. The maximum atomic E-state index is 5.64. The smallest absolute Gasteiger partial charge is 0.122 e. The molecule has 1 rings (SSSR count). The third-order valence-corrected chi connectivity index (χ3v) is 3.83. The number of methoxy groups -OCH3 is 1. The van der Waals surface area contributed by atoms with E-state index in [9.17, 15) is 0 Å². The Morgan fingerprint density at radius 3 is 2.44 bits per heavy atom. The molecule has 2 N–H and O–H groups in total. The Balaban J connectivity index is 3.00. The summed E-state index contributed by atoms with van der Waals surface area (Å²) in [6, 6.07) is 4.33. The number of benzene rings is 1. The molecule has 2 nitrogen and oxygen atoms in total. The van der Waals surface area contributed by atoms with E-state index >= 15 is 0 Å². The fraction of sp³-hybridized carbons (Fsp3) is 0.625. The molecule has 0 radical (unpaired) electrons. The Labute approximate surface area is 112 Å². The van der Waals surface area contributed by atoms with Crippen LogP contribution in [-0.4, -0.2) is 13.7 Å². The van der Waals surface area contributed by atoms with Gasteiger partial charge in [-0.3, -0.25) is 0 Å². The highest BCUT2D eigenvalue weighted by atomic mass is 16.5. The van der Waals surface area contributed by atoms with E-state index in [-0.39, 0.29) is 0 Å². The molecule has 0 aromatic heterocycles. The van der Waals surface area contributed by atoms with E-state index in [0.29, 0.717) is 5.92 Å². The minimum absolute atomic E-state index is 0.642. The van der Waals surface area contributed by atoms with Gasteiger partial charge in [-0.15, -0.1) is 0 Å². The normalized spacial score (nSPS) is 12.5. The summed E-state index contributed by atoms with van der Waals surface area (Å²) in [6.07, 6.45) is 4.76. The summed E-state index contributed by atoms with van der Waals surface area (Å²) in [4.78, 5) is 0. The fourth-order valence-electron chi connectivity index (χ4n) is 2.65. The zero-order valence-electron chi connectivity index (χ0n) is 12.3. The van der Waals surface area contributed by atoms with E-state index in [2.05, 4.69) is 32.9 Å². The summed E-state index contributed by atoms with van der Waals surface area (Å²) in [6.45, 7) is 7.39. The average molecular weight is 249 g/mol. The summed E-state index contributed by atoms with van der Waals surface area (Å²) < 4.78 is 5.38. The third kappa shape index (κ3) is 3.49. The number of rotatable bonds is 7. The third-order valence-electron chi connectivity index (χ3n) is 3.83. The van der Waals surface area contributed by atoms with Crippen molar-refractivity contribution in [2.75, 3.05) is 13.7 Å². The second kappa shape index (κ2) is 7.42.